The van der Waals surface area contributed by atoms with Gasteiger partial charge in [-0.1, -0.05) is 42.4 Å². The van der Waals surface area contributed by atoms with Gasteiger partial charge in [0.25, 0.3) is 0 Å². The van der Waals surface area contributed by atoms with Gasteiger partial charge in [0.1, 0.15) is 5.01 Å². The fourth-order valence-corrected chi connectivity index (χ4v) is 3.28. The molecule has 0 aliphatic heterocycles. The third-order valence-electron chi connectivity index (χ3n) is 2.96. The highest BCUT2D eigenvalue weighted by atomic mass is 32.2. The fourth-order valence-electron chi connectivity index (χ4n) is 2.04. The van der Waals surface area contributed by atoms with Gasteiger partial charge in [-0.25, -0.2) is 4.99 Å². The second kappa shape index (κ2) is 6.94. The zero-order valence-electron chi connectivity index (χ0n) is 10.6. The molecule has 1 aromatic heterocycles. The van der Waals surface area contributed by atoms with Crippen molar-refractivity contribution in [1.82, 2.24) is 15.5 Å². The first-order valence-corrected chi connectivity index (χ1v) is 8.25. The molecule has 0 atom stereocenters. The number of hydrogen-bond donors (Lipinski definition) is 2. The zero-order valence-corrected chi connectivity index (χ0v) is 12.2. The van der Waals surface area contributed by atoms with E-state index in [1.165, 1.54) is 32.1 Å². The minimum Gasteiger partial charge on any atom is -0.370 e. The molecule has 0 radical (unpaired) electrons. The van der Waals surface area contributed by atoms with Crippen LogP contribution in [0.5, 0.6) is 0 Å². The van der Waals surface area contributed by atoms with E-state index in [4.69, 9.17) is 5.73 Å². The molecule has 18 heavy (non-hydrogen) atoms. The second-order valence-electron chi connectivity index (χ2n) is 4.35. The Morgan fingerprint density at radius 3 is 2.89 bits per heavy atom. The van der Waals surface area contributed by atoms with Crippen LogP contribution in [-0.4, -0.2) is 28.5 Å². The minimum absolute atomic E-state index is 0.499. The molecule has 1 aliphatic rings. The Balaban J connectivity index is 1.80. The highest BCUT2D eigenvalue weighted by Crippen LogP contribution is 2.20. The van der Waals surface area contributed by atoms with Gasteiger partial charge in [-0.15, -0.1) is 10.2 Å². The summed E-state index contributed by atoms with van der Waals surface area (Å²) in [6, 6.07) is 0.499. The Hall–Kier alpha value is -0.820. The van der Waals surface area contributed by atoms with Crippen molar-refractivity contribution in [3.63, 3.8) is 0 Å². The Kier molecular flexibility index (Phi) is 5.25. The second-order valence-corrected chi connectivity index (χ2v) is 6.46. The van der Waals surface area contributed by atoms with E-state index in [-0.39, 0.29) is 0 Å². The monoisotopic (exact) mass is 285 g/mol. The van der Waals surface area contributed by atoms with Gasteiger partial charge < -0.3 is 11.1 Å². The van der Waals surface area contributed by atoms with Gasteiger partial charge in [0.05, 0.1) is 6.54 Å². The summed E-state index contributed by atoms with van der Waals surface area (Å²) < 4.78 is 0.971. The van der Waals surface area contributed by atoms with E-state index in [9.17, 15) is 0 Å². The van der Waals surface area contributed by atoms with E-state index < -0.39 is 0 Å². The van der Waals surface area contributed by atoms with E-state index in [0.29, 0.717) is 18.5 Å². The maximum Gasteiger partial charge on any atom is 0.189 e. The summed E-state index contributed by atoms with van der Waals surface area (Å²) in [6.45, 7) is 0.518. The first-order valence-electron chi connectivity index (χ1n) is 6.21. The smallest absolute Gasteiger partial charge is 0.189 e. The van der Waals surface area contributed by atoms with E-state index in [1.54, 1.807) is 23.1 Å². The molecule has 0 amide bonds. The van der Waals surface area contributed by atoms with Crippen LogP contribution >= 0.6 is 23.1 Å². The number of aliphatic imine (C=N–C) groups is 1. The predicted octanol–water partition coefficient (Wildman–Crippen LogP) is 2.00. The van der Waals surface area contributed by atoms with Crippen molar-refractivity contribution >= 4 is 29.1 Å². The molecular formula is C11H19N5S2. The van der Waals surface area contributed by atoms with Gasteiger partial charge in [-0.05, 0) is 19.1 Å². The molecule has 0 spiro atoms. The Labute approximate surface area is 116 Å². The molecule has 1 fully saturated rings. The number of nitrogens with one attached hydrogen (secondary N) is 1. The molecule has 0 unspecified atom stereocenters. The summed E-state index contributed by atoms with van der Waals surface area (Å²) in [5.74, 6) is 0.530. The summed E-state index contributed by atoms with van der Waals surface area (Å²) >= 11 is 3.17. The minimum atomic E-state index is 0.499. The van der Waals surface area contributed by atoms with Gasteiger partial charge >= 0.3 is 0 Å². The van der Waals surface area contributed by atoms with Crippen LogP contribution < -0.4 is 11.1 Å². The molecule has 2 rings (SSSR count). The summed E-state index contributed by atoms with van der Waals surface area (Å²) in [5.41, 5.74) is 5.88. The van der Waals surface area contributed by atoms with Gasteiger partial charge in [-0.3, -0.25) is 0 Å². The summed E-state index contributed by atoms with van der Waals surface area (Å²) in [7, 11) is 0. The van der Waals surface area contributed by atoms with Crippen LogP contribution in [-0.2, 0) is 6.54 Å². The van der Waals surface area contributed by atoms with Gasteiger partial charge in [0, 0.05) is 6.04 Å². The van der Waals surface area contributed by atoms with Crippen LogP contribution in [0.3, 0.4) is 0 Å². The number of guanidine groups is 1. The Morgan fingerprint density at radius 2 is 2.22 bits per heavy atom. The van der Waals surface area contributed by atoms with Gasteiger partial charge in [0.2, 0.25) is 0 Å². The summed E-state index contributed by atoms with van der Waals surface area (Å²) in [4.78, 5) is 4.32. The Morgan fingerprint density at radius 1 is 1.44 bits per heavy atom. The van der Waals surface area contributed by atoms with Crippen molar-refractivity contribution in [3.8, 4) is 0 Å². The third kappa shape index (κ3) is 4.13. The molecule has 0 aromatic carbocycles. The molecule has 5 nitrogen and oxygen atoms in total. The first-order chi connectivity index (χ1) is 8.78. The molecule has 7 heteroatoms. The summed E-state index contributed by atoms with van der Waals surface area (Å²) in [5, 5.41) is 12.3. The number of nitrogens with zero attached hydrogens (tertiary/aromatic N) is 3. The van der Waals surface area contributed by atoms with Crippen molar-refractivity contribution < 1.29 is 0 Å². The molecule has 3 N–H and O–H groups in total. The third-order valence-corrected chi connectivity index (χ3v) is 4.85. The molecule has 0 bridgehead atoms. The lowest BCUT2D eigenvalue weighted by Gasteiger charge is -2.23. The molecule has 0 saturated heterocycles. The number of thioether (sulfide) groups is 1. The number of rotatable bonds is 4. The van der Waals surface area contributed by atoms with Crippen molar-refractivity contribution in [2.75, 3.05) is 6.26 Å². The largest absolute Gasteiger partial charge is 0.370 e. The maximum absolute atomic E-state index is 5.88. The normalized spacial score (nSPS) is 17.9. The number of hydrogen-bond acceptors (Lipinski definition) is 5. The zero-order chi connectivity index (χ0) is 12.8. The van der Waals surface area contributed by atoms with Crippen LogP contribution in [0.25, 0.3) is 0 Å². The van der Waals surface area contributed by atoms with Gasteiger partial charge in [-0.2, -0.15) is 0 Å². The lowest BCUT2D eigenvalue weighted by molar-refractivity contribution is 0.412. The topological polar surface area (TPSA) is 76.2 Å². The molecule has 1 heterocycles. The highest BCUT2D eigenvalue weighted by molar-refractivity contribution is 8.00. The maximum atomic E-state index is 5.88. The molecule has 1 aliphatic carbocycles. The van der Waals surface area contributed by atoms with Gasteiger partial charge in [0.15, 0.2) is 10.3 Å². The molecule has 1 saturated carbocycles. The Bertz CT molecular complexity index is 398. The van der Waals surface area contributed by atoms with Crippen LogP contribution in [0.4, 0.5) is 0 Å². The van der Waals surface area contributed by atoms with Crippen molar-refractivity contribution in [3.05, 3.63) is 5.01 Å². The van der Waals surface area contributed by atoms with Crippen molar-refractivity contribution in [1.29, 1.82) is 0 Å². The number of aromatic nitrogens is 2. The van der Waals surface area contributed by atoms with Crippen LogP contribution in [0.15, 0.2) is 9.33 Å². The molecule has 100 valence electrons. The van der Waals surface area contributed by atoms with E-state index in [2.05, 4.69) is 20.5 Å². The lowest BCUT2D eigenvalue weighted by Crippen LogP contribution is -2.41. The summed E-state index contributed by atoms with van der Waals surface area (Å²) in [6.07, 6.45) is 8.32. The first kappa shape index (κ1) is 13.6. The SMILES string of the molecule is CSc1nnc(CN=C(N)NC2CCCCC2)s1. The van der Waals surface area contributed by atoms with E-state index >= 15 is 0 Å². The van der Waals surface area contributed by atoms with Crippen molar-refractivity contribution in [2.24, 2.45) is 10.7 Å². The standard InChI is InChI=1S/C11H19N5S2/c1-17-11-16-15-9(18-11)7-13-10(12)14-8-5-3-2-4-6-8/h8H,2-7H2,1H3,(H3,12,13,14). The van der Waals surface area contributed by atoms with Crippen LogP contribution in [0.2, 0.25) is 0 Å². The quantitative estimate of drug-likeness (QED) is 0.503. The average Bonchev–Trinajstić information content (AvgIpc) is 2.85. The number of nitrogens with two attached hydrogens (primary N) is 1. The van der Waals surface area contributed by atoms with Crippen molar-refractivity contribution in [2.45, 2.75) is 49.0 Å². The predicted molar refractivity (Wildman–Crippen MR) is 77.0 cm³/mol. The molecule has 1 aromatic rings. The van der Waals surface area contributed by atoms with E-state index in [1.807, 2.05) is 6.26 Å². The average molecular weight is 285 g/mol. The van der Waals surface area contributed by atoms with E-state index in [0.717, 1.165) is 9.35 Å². The van der Waals surface area contributed by atoms with Crippen LogP contribution in [0.1, 0.15) is 37.1 Å². The highest BCUT2D eigenvalue weighted by Gasteiger charge is 2.13. The fraction of sp³-hybridized carbons (Fsp3) is 0.727. The van der Waals surface area contributed by atoms with Crippen LogP contribution in [0, 0.1) is 0 Å². The lowest BCUT2D eigenvalue weighted by atomic mass is 9.96. The molecular weight excluding hydrogens is 266 g/mol.